The van der Waals surface area contributed by atoms with Crippen LogP contribution in [-0.4, -0.2) is 31.0 Å². The topological polar surface area (TPSA) is 91.6 Å². The predicted molar refractivity (Wildman–Crippen MR) is 101 cm³/mol. The molecule has 0 aliphatic carbocycles. The molecule has 3 N–H and O–H groups in total. The lowest BCUT2D eigenvalue weighted by Crippen LogP contribution is -2.39. The van der Waals surface area contributed by atoms with Crippen LogP contribution in [0, 0.1) is 17.0 Å². The number of benzene rings is 2. The number of nitrogens with zero attached hydrogens (tertiary/aromatic N) is 2. The first kappa shape index (κ1) is 18.3. The molecule has 0 heterocycles. The van der Waals surface area contributed by atoms with E-state index in [1.54, 1.807) is 25.2 Å². The quantitative estimate of drug-likeness (QED) is 0.237. The highest BCUT2D eigenvalue weighted by atomic mass is 16.6. The largest absolute Gasteiger partial charge is 0.378 e. The van der Waals surface area contributed by atoms with E-state index in [0.29, 0.717) is 31.3 Å². The molecule has 0 aliphatic heterocycles. The normalized spacial score (nSPS) is 11.0. The lowest BCUT2D eigenvalue weighted by Gasteiger charge is -2.13. The van der Waals surface area contributed by atoms with Crippen LogP contribution >= 0.6 is 0 Å². The van der Waals surface area contributed by atoms with Crippen molar-refractivity contribution >= 4 is 17.3 Å². The fraction of sp³-hybridized carbons (Fsp3) is 0.278. The van der Waals surface area contributed by atoms with Crippen LogP contribution in [0.25, 0.3) is 0 Å². The van der Waals surface area contributed by atoms with Gasteiger partial charge in [0.1, 0.15) is 5.69 Å². The Labute approximate surface area is 147 Å². The van der Waals surface area contributed by atoms with Crippen molar-refractivity contribution in [1.29, 1.82) is 0 Å². The molecule has 0 unspecified atom stereocenters. The molecule has 2 aromatic carbocycles. The van der Waals surface area contributed by atoms with Crippen LogP contribution in [0.15, 0.2) is 53.5 Å². The van der Waals surface area contributed by atoms with Crippen LogP contribution in [0.5, 0.6) is 0 Å². The van der Waals surface area contributed by atoms with Crippen molar-refractivity contribution in [2.45, 2.75) is 13.5 Å². The van der Waals surface area contributed by atoms with E-state index in [1.807, 2.05) is 6.07 Å². The van der Waals surface area contributed by atoms with E-state index < -0.39 is 4.92 Å². The zero-order chi connectivity index (χ0) is 18.1. The van der Waals surface area contributed by atoms with Gasteiger partial charge in [-0.1, -0.05) is 42.0 Å². The molecule has 2 rings (SSSR count). The van der Waals surface area contributed by atoms with Gasteiger partial charge in [0.05, 0.1) is 4.92 Å². The molecule has 132 valence electrons. The van der Waals surface area contributed by atoms with E-state index in [-0.39, 0.29) is 5.69 Å². The Balaban J connectivity index is 1.77. The third kappa shape index (κ3) is 5.80. The van der Waals surface area contributed by atoms with Crippen LogP contribution in [-0.2, 0) is 6.54 Å². The van der Waals surface area contributed by atoms with Crippen molar-refractivity contribution in [3.63, 3.8) is 0 Å². The highest BCUT2D eigenvalue weighted by Crippen LogP contribution is 2.22. The Morgan fingerprint density at radius 3 is 2.64 bits per heavy atom. The van der Waals surface area contributed by atoms with Crippen molar-refractivity contribution in [2.24, 2.45) is 4.99 Å². The van der Waals surface area contributed by atoms with E-state index >= 15 is 0 Å². The summed E-state index contributed by atoms with van der Waals surface area (Å²) in [5.74, 6) is 0.686. The molecule has 2 aromatic rings. The molecule has 7 heteroatoms. The number of para-hydroxylation sites is 2. The molecule has 0 aliphatic rings. The Morgan fingerprint density at radius 2 is 1.92 bits per heavy atom. The van der Waals surface area contributed by atoms with E-state index in [2.05, 4.69) is 46.1 Å². The molecule has 0 atom stereocenters. The minimum Gasteiger partial charge on any atom is -0.378 e. The second kappa shape index (κ2) is 9.27. The second-order valence-corrected chi connectivity index (χ2v) is 5.54. The summed E-state index contributed by atoms with van der Waals surface area (Å²) in [6.45, 7) is 3.86. The van der Waals surface area contributed by atoms with Crippen LogP contribution < -0.4 is 16.0 Å². The number of aliphatic imine (C=N–C) groups is 1. The summed E-state index contributed by atoms with van der Waals surface area (Å²) in [4.78, 5) is 14.8. The molecular formula is C18H23N5O2. The third-order valence-electron chi connectivity index (χ3n) is 3.60. The van der Waals surface area contributed by atoms with Gasteiger partial charge in [0.15, 0.2) is 5.96 Å². The van der Waals surface area contributed by atoms with Crippen molar-refractivity contribution in [1.82, 2.24) is 10.6 Å². The van der Waals surface area contributed by atoms with Crippen molar-refractivity contribution in [3.05, 3.63) is 69.8 Å². The lowest BCUT2D eigenvalue weighted by molar-refractivity contribution is -0.384. The number of hydrogen-bond donors (Lipinski definition) is 3. The first-order valence-corrected chi connectivity index (χ1v) is 8.07. The van der Waals surface area contributed by atoms with Gasteiger partial charge in [-0.25, -0.2) is 0 Å². The molecule has 0 fully saturated rings. The fourth-order valence-electron chi connectivity index (χ4n) is 2.39. The number of nitro groups is 1. The van der Waals surface area contributed by atoms with Crippen LogP contribution in [0.3, 0.4) is 0 Å². The SMILES string of the molecule is CN=C(NCCNc1ccccc1[N+](=O)[O-])NCc1cccc(C)c1. The number of nitro benzene ring substituents is 1. The number of nitrogens with one attached hydrogen (secondary N) is 3. The molecule has 25 heavy (non-hydrogen) atoms. The van der Waals surface area contributed by atoms with Crippen molar-refractivity contribution < 1.29 is 4.92 Å². The van der Waals surface area contributed by atoms with Gasteiger partial charge < -0.3 is 16.0 Å². The van der Waals surface area contributed by atoms with Gasteiger partial charge >= 0.3 is 0 Å². The molecule has 0 saturated heterocycles. The maximum absolute atomic E-state index is 11.0. The van der Waals surface area contributed by atoms with E-state index in [4.69, 9.17) is 0 Å². The molecule has 0 radical (unpaired) electrons. The summed E-state index contributed by atoms with van der Waals surface area (Å²) >= 11 is 0. The van der Waals surface area contributed by atoms with Gasteiger partial charge in [-0.15, -0.1) is 0 Å². The molecule has 0 aromatic heterocycles. The van der Waals surface area contributed by atoms with Crippen LogP contribution in [0.4, 0.5) is 11.4 Å². The summed E-state index contributed by atoms with van der Waals surface area (Å²) in [5, 5.41) is 20.5. The fourth-order valence-corrected chi connectivity index (χ4v) is 2.39. The van der Waals surface area contributed by atoms with E-state index in [1.165, 1.54) is 17.2 Å². The number of anilines is 1. The standard InChI is InChI=1S/C18H23N5O2/c1-14-6-5-7-15(12-14)13-22-18(19-2)21-11-10-20-16-8-3-4-9-17(16)23(24)25/h3-9,12,20H,10-11,13H2,1-2H3,(H2,19,21,22). The number of rotatable bonds is 7. The summed E-state index contributed by atoms with van der Waals surface area (Å²) < 4.78 is 0. The van der Waals surface area contributed by atoms with Gasteiger partial charge in [-0.2, -0.15) is 0 Å². The Morgan fingerprint density at radius 1 is 1.12 bits per heavy atom. The highest BCUT2D eigenvalue weighted by Gasteiger charge is 2.11. The Bertz CT molecular complexity index is 746. The molecular weight excluding hydrogens is 318 g/mol. The van der Waals surface area contributed by atoms with Crippen LogP contribution in [0.1, 0.15) is 11.1 Å². The minimum atomic E-state index is -0.391. The average Bonchev–Trinajstić information content (AvgIpc) is 2.61. The zero-order valence-corrected chi connectivity index (χ0v) is 14.5. The monoisotopic (exact) mass is 341 g/mol. The Hall–Kier alpha value is -3.09. The molecule has 0 bridgehead atoms. The summed E-state index contributed by atoms with van der Waals surface area (Å²) in [7, 11) is 1.71. The molecule has 0 saturated carbocycles. The maximum Gasteiger partial charge on any atom is 0.292 e. The van der Waals surface area contributed by atoms with Crippen molar-refractivity contribution in [2.75, 3.05) is 25.5 Å². The number of guanidine groups is 1. The van der Waals surface area contributed by atoms with Gasteiger partial charge in [0.2, 0.25) is 0 Å². The summed E-state index contributed by atoms with van der Waals surface area (Å²) in [6.07, 6.45) is 0. The number of aryl methyl sites for hydroxylation is 1. The van der Waals surface area contributed by atoms with E-state index in [0.717, 1.165) is 0 Å². The van der Waals surface area contributed by atoms with Gasteiger partial charge in [0.25, 0.3) is 5.69 Å². The zero-order valence-electron chi connectivity index (χ0n) is 14.5. The lowest BCUT2D eigenvalue weighted by atomic mass is 10.1. The third-order valence-corrected chi connectivity index (χ3v) is 3.60. The Kier molecular flexibility index (Phi) is 6.76. The van der Waals surface area contributed by atoms with Gasteiger partial charge in [-0.05, 0) is 18.6 Å². The van der Waals surface area contributed by atoms with E-state index in [9.17, 15) is 10.1 Å². The first-order valence-electron chi connectivity index (χ1n) is 8.07. The second-order valence-electron chi connectivity index (χ2n) is 5.54. The molecule has 0 amide bonds. The summed E-state index contributed by atoms with van der Waals surface area (Å²) in [5.41, 5.74) is 2.98. The van der Waals surface area contributed by atoms with Gasteiger partial charge in [-0.3, -0.25) is 15.1 Å². The van der Waals surface area contributed by atoms with Gasteiger partial charge in [0, 0.05) is 32.7 Å². The first-order chi connectivity index (χ1) is 12.1. The van der Waals surface area contributed by atoms with Crippen molar-refractivity contribution in [3.8, 4) is 0 Å². The maximum atomic E-state index is 11.0. The predicted octanol–water partition coefficient (Wildman–Crippen LogP) is 2.68. The minimum absolute atomic E-state index is 0.0736. The van der Waals surface area contributed by atoms with Crippen LogP contribution in [0.2, 0.25) is 0 Å². The number of hydrogen-bond acceptors (Lipinski definition) is 4. The average molecular weight is 341 g/mol. The highest BCUT2D eigenvalue weighted by molar-refractivity contribution is 5.79. The molecule has 0 spiro atoms. The summed E-state index contributed by atoms with van der Waals surface area (Å²) in [6, 6.07) is 14.9. The smallest absolute Gasteiger partial charge is 0.292 e. The molecule has 7 nitrogen and oxygen atoms in total.